The molecule has 0 saturated heterocycles. The van der Waals surface area contributed by atoms with Crippen LogP contribution in [0.25, 0.3) is 33.7 Å². The van der Waals surface area contributed by atoms with Crippen LogP contribution in [0.1, 0.15) is 0 Å². The van der Waals surface area contributed by atoms with Gasteiger partial charge in [0.1, 0.15) is 17.1 Å². The molecule has 0 N–H and O–H groups in total. The molecule has 0 radical (unpaired) electrons. The molecule has 0 aliphatic carbocycles. The average Bonchev–Trinajstić information content (AvgIpc) is 3.12. The van der Waals surface area contributed by atoms with Gasteiger partial charge in [-0.15, -0.1) is 0 Å². The van der Waals surface area contributed by atoms with Crippen LogP contribution in [-0.2, 0) is 0 Å². The van der Waals surface area contributed by atoms with E-state index in [2.05, 4.69) is 4.98 Å². The van der Waals surface area contributed by atoms with Crippen LogP contribution in [0.15, 0.2) is 59.0 Å². The van der Waals surface area contributed by atoms with E-state index in [1.54, 1.807) is 24.3 Å². The lowest BCUT2D eigenvalue weighted by atomic mass is 10.1. The number of non-ortho nitro benzene ring substituents is 1. The molecule has 0 spiro atoms. The molecule has 4 aromatic rings. The number of ether oxygens (including phenoxy) is 1. The molecule has 0 atom stereocenters. The first-order valence-electron chi connectivity index (χ1n) is 8.15. The number of nitro groups is 1. The first-order chi connectivity index (χ1) is 13.5. The second-order valence-electron chi connectivity index (χ2n) is 5.97. The van der Waals surface area contributed by atoms with Gasteiger partial charge in [-0.25, -0.2) is 9.37 Å². The minimum atomic E-state index is -0.498. The van der Waals surface area contributed by atoms with Crippen LogP contribution in [0.5, 0.6) is 5.75 Å². The lowest BCUT2D eigenvalue weighted by molar-refractivity contribution is -0.384. The standard InChI is InChI=1S/C20H12ClFN2O4/c1-27-18-7-4-13(24(25)26)10-14(18)20-23-17-9-12(3-6-19(17)28-20)11-2-5-16(22)15(21)8-11/h2-10H,1H3. The van der Waals surface area contributed by atoms with Gasteiger partial charge in [-0.1, -0.05) is 23.7 Å². The average molecular weight is 399 g/mol. The fourth-order valence-corrected chi connectivity index (χ4v) is 3.06. The quantitative estimate of drug-likeness (QED) is 0.317. The van der Waals surface area contributed by atoms with Crippen molar-refractivity contribution in [3.63, 3.8) is 0 Å². The molecule has 0 bridgehead atoms. The summed E-state index contributed by atoms with van der Waals surface area (Å²) in [6.07, 6.45) is 0. The Morgan fingerprint density at radius 3 is 2.57 bits per heavy atom. The number of methoxy groups -OCH3 is 1. The third kappa shape index (κ3) is 3.16. The van der Waals surface area contributed by atoms with Gasteiger partial charge < -0.3 is 9.15 Å². The van der Waals surface area contributed by atoms with Crippen LogP contribution in [0, 0.1) is 15.9 Å². The van der Waals surface area contributed by atoms with Crippen molar-refractivity contribution in [3.05, 3.63) is 75.6 Å². The van der Waals surface area contributed by atoms with E-state index in [9.17, 15) is 14.5 Å². The topological polar surface area (TPSA) is 78.4 Å². The zero-order valence-corrected chi connectivity index (χ0v) is 15.2. The molecule has 6 nitrogen and oxygen atoms in total. The highest BCUT2D eigenvalue weighted by atomic mass is 35.5. The normalized spacial score (nSPS) is 11.0. The molecule has 0 aliphatic heterocycles. The number of fused-ring (bicyclic) bond motifs is 1. The van der Waals surface area contributed by atoms with Crippen LogP contribution < -0.4 is 4.74 Å². The minimum Gasteiger partial charge on any atom is -0.496 e. The first-order valence-corrected chi connectivity index (χ1v) is 8.53. The SMILES string of the molecule is COc1ccc([N+](=O)[O-])cc1-c1nc2cc(-c3ccc(F)c(Cl)c3)ccc2o1. The summed E-state index contributed by atoms with van der Waals surface area (Å²) in [5.41, 5.74) is 2.83. The minimum absolute atomic E-state index is 0.0276. The third-order valence-electron chi connectivity index (χ3n) is 4.26. The van der Waals surface area contributed by atoms with Gasteiger partial charge in [0.15, 0.2) is 5.58 Å². The molecule has 0 fully saturated rings. The number of hydrogen-bond acceptors (Lipinski definition) is 5. The maximum Gasteiger partial charge on any atom is 0.270 e. The van der Waals surface area contributed by atoms with E-state index in [1.807, 2.05) is 0 Å². The molecular weight excluding hydrogens is 387 g/mol. The van der Waals surface area contributed by atoms with Gasteiger partial charge >= 0.3 is 0 Å². The van der Waals surface area contributed by atoms with Crippen LogP contribution in [-0.4, -0.2) is 17.0 Å². The fraction of sp³-hybridized carbons (Fsp3) is 0.0500. The highest BCUT2D eigenvalue weighted by Gasteiger charge is 2.18. The molecule has 4 rings (SSSR count). The van der Waals surface area contributed by atoms with Crippen molar-refractivity contribution < 1.29 is 18.5 Å². The van der Waals surface area contributed by atoms with E-state index in [-0.39, 0.29) is 16.6 Å². The van der Waals surface area contributed by atoms with Gasteiger partial charge in [-0.05, 0) is 41.5 Å². The number of nitro benzene ring substituents is 1. The monoisotopic (exact) mass is 398 g/mol. The van der Waals surface area contributed by atoms with Crippen molar-refractivity contribution in [2.24, 2.45) is 0 Å². The van der Waals surface area contributed by atoms with E-state index in [0.29, 0.717) is 22.4 Å². The lowest BCUT2D eigenvalue weighted by Gasteiger charge is -2.04. The highest BCUT2D eigenvalue weighted by Crippen LogP contribution is 2.35. The van der Waals surface area contributed by atoms with Crippen molar-refractivity contribution in [2.45, 2.75) is 0 Å². The van der Waals surface area contributed by atoms with Crippen molar-refractivity contribution in [2.75, 3.05) is 7.11 Å². The number of nitrogens with zero attached hydrogens (tertiary/aromatic N) is 2. The summed E-state index contributed by atoms with van der Waals surface area (Å²) in [4.78, 5) is 15.0. The summed E-state index contributed by atoms with van der Waals surface area (Å²) in [6.45, 7) is 0. The van der Waals surface area contributed by atoms with E-state index < -0.39 is 10.7 Å². The Balaban J connectivity index is 1.82. The second-order valence-corrected chi connectivity index (χ2v) is 6.38. The van der Waals surface area contributed by atoms with Crippen LogP contribution in [0.3, 0.4) is 0 Å². The molecule has 0 unspecified atom stereocenters. The molecule has 0 saturated carbocycles. The Labute approximate surface area is 163 Å². The molecule has 0 aliphatic rings. The van der Waals surface area contributed by atoms with E-state index >= 15 is 0 Å². The maximum absolute atomic E-state index is 13.4. The van der Waals surface area contributed by atoms with E-state index in [4.69, 9.17) is 20.8 Å². The number of halogens is 2. The summed E-state index contributed by atoms with van der Waals surface area (Å²) in [7, 11) is 1.46. The van der Waals surface area contributed by atoms with Gasteiger partial charge in [-0.3, -0.25) is 10.1 Å². The fourth-order valence-electron chi connectivity index (χ4n) is 2.87. The van der Waals surface area contributed by atoms with Crippen molar-refractivity contribution >= 4 is 28.4 Å². The van der Waals surface area contributed by atoms with Gasteiger partial charge in [-0.2, -0.15) is 0 Å². The molecule has 1 aromatic heterocycles. The van der Waals surface area contributed by atoms with E-state index in [0.717, 1.165) is 11.1 Å². The van der Waals surface area contributed by atoms with Crippen LogP contribution in [0.4, 0.5) is 10.1 Å². The smallest absolute Gasteiger partial charge is 0.270 e. The zero-order chi connectivity index (χ0) is 19.8. The molecule has 140 valence electrons. The Kier molecular flexibility index (Phi) is 4.44. The number of benzene rings is 3. The second kappa shape index (κ2) is 6.94. The van der Waals surface area contributed by atoms with Gasteiger partial charge in [0, 0.05) is 12.1 Å². The first kappa shape index (κ1) is 17.9. The van der Waals surface area contributed by atoms with Crippen molar-refractivity contribution in [1.29, 1.82) is 0 Å². The predicted octanol–water partition coefficient (Wildman–Crippen LogP) is 5.87. The molecular formula is C20H12ClFN2O4. The van der Waals surface area contributed by atoms with Crippen molar-refractivity contribution in [3.8, 4) is 28.3 Å². The summed E-state index contributed by atoms with van der Waals surface area (Å²) in [6, 6.07) is 13.9. The highest BCUT2D eigenvalue weighted by molar-refractivity contribution is 6.31. The van der Waals surface area contributed by atoms with Gasteiger partial charge in [0.2, 0.25) is 5.89 Å². The summed E-state index contributed by atoms with van der Waals surface area (Å²) in [5, 5.41) is 11.1. The predicted molar refractivity (Wildman–Crippen MR) is 103 cm³/mol. The summed E-state index contributed by atoms with van der Waals surface area (Å²) >= 11 is 5.86. The van der Waals surface area contributed by atoms with Gasteiger partial charge in [0.25, 0.3) is 5.69 Å². The Morgan fingerprint density at radius 1 is 1.11 bits per heavy atom. The summed E-state index contributed by atoms with van der Waals surface area (Å²) < 4.78 is 24.4. The Hall–Kier alpha value is -3.45. The number of oxazole rings is 1. The Bertz CT molecular complexity index is 1220. The maximum atomic E-state index is 13.4. The summed E-state index contributed by atoms with van der Waals surface area (Å²) in [5.74, 6) is 0.112. The zero-order valence-electron chi connectivity index (χ0n) is 14.5. The molecule has 28 heavy (non-hydrogen) atoms. The molecule has 8 heteroatoms. The van der Waals surface area contributed by atoms with Crippen LogP contribution >= 0.6 is 11.6 Å². The Morgan fingerprint density at radius 2 is 1.86 bits per heavy atom. The van der Waals surface area contributed by atoms with Gasteiger partial charge in [0.05, 0.1) is 22.6 Å². The molecule has 1 heterocycles. The lowest BCUT2D eigenvalue weighted by Crippen LogP contribution is -1.92. The number of aromatic nitrogens is 1. The van der Waals surface area contributed by atoms with Crippen molar-refractivity contribution in [1.82, 2.24) is 4.98 Å². The largest absolute Gasteiger partial charge is 0.496 e. The number of rotatable bonds is 4. The third-order valence-corrected chi connectivity index (χ3v) is 4.55. The number of hydrogen-bond donors (Lipinski definition) is 0. The molecule has 3 aromatic carbocycles. The van der Waals surface area contributed by atoms with E-state index in [1.165, 1.54) is 37.4 Å². The molecule has 0 amide bonds. The van der Waals surface area contributed by atoms with Crippen LogP contribution in [0.2, 0.25) is 5.02 Å².